The molecule has 0 spiro atoms. The number of rotatable bonds is 3. The number of thioether (sulfide) groups is 1. The maximum absolute atomic E-state index is 6.78. The molecule has 2 fully saturated rings. The lowest BCUT2D eigenvalue weighted by Crippen LogP contribution is -2.53. The Hall–Kier alpha value is -1.57. The van der Waals surface area contributed by atoms with Gasteiger partial charge in [0.15, 0.2) is 0 Å². The molecule has 1 aromatic heterocycles. The molecule has 4 unspecified atom stereocenters. The van der Waals surface area contributed by atoms with Crippen molar-refractivity contribution in [2.75, 3.05) is 4.90 Å². The molecular weight excluding hydrogens is 410 g/mol. The molecule has 5 nitrogen and oxygen atoms in total. The highest BCUT2D eigenvalue weighted by molar-refractivity contribution is 8.03. The van der Waals surface area contributed by atoms with Crippen LogP contribution in [0, 0.1) is 6.92 Å². The molecule has 1 aliphatic carbocycles. The molecule has 158 valence electrons. The summed E-state index contributed by atoms with van der Waals surface area (Å²) in [5.41, 5.74) is 9.86. The minimum Gasteiger partial charge on any atom is -0.346 e. The van der Waals surface area contributed by atoms with E-state index in [0.29, 0.717) is 24.0 Å². The monoisotopic (exact) mass is 439 g/mol. The molecule has 0 radical (unpaired) electrons. The Morgan fingerprint density at radius 3 is 2.47 bits per heavy atom. The Balaban J connectivity index is 1.30. The van der Waals surface area contributed by atoms with E-state index in [9.17, 15) is 0 Å². The van der Waals surface area contributed by atoms with E-state index in [1.807, 2.05) is 18.7 Å². The van der Waals surface area contributed by atoms with Gasteiger partial charge in [-0.25, -0.2) is 4.98 Å². The number of nitrogens with two attached hydrogens (primary N) is 1. The van der Waals surface area contributed by atoms with Gasteiger partial charge in [-0.1, -0.05) is 42.1 Å². The van der Waals surface area contributed by atoms with Crippen LogP contribution in [0.4, 0.5) is 5.13 Å². The molecule has 3 aliphatic heterocycles. The number of aromatic nitrogens is 2. The van der Waals surface area contributed by atoms with E-state index in [4.69, 9.17) is 10.7 Å². The molecule has 4 heterocycles. The summed E-state index contributed by atoms with van der Waals surface area (Å²) in [7, 11) is 0. The normalized spacial score (nSPS) is 33.3. The second-order valence-corrected chi connectivity index (χ2v) is 11.1. The Labute approximate surface area is 186 Å². The van der Waals surface area contributed by atoms with Gasteiger partial charge in [-0.15, -0.1) is 0 Å². The molecule has 2 bridgehead atoms. The van der Waals surface area contributed by atoms with Gasteiger partial charge >= 0.3 is 0 Å². The summed E-state index contributed by atoms with van der Waals surface area (Å²) >= 11 is 3.49. The molecular formula is C23H29N5S2. The summed E-state index contributed by atoms with van der Waals surface area (Å²) in [6, 6.07) is 12.8. The molecule has 4 atom stereocenters. The van der Waals surface area contributed by atoms with E-state index >= 15 is 0 Å². The highest BCUT2D eigenvalue weighted by Crippen LogP contribution is 2.53. The van der Waals surface area contributed by atoms with Crippen LogP contribution in [0.1, 0.15) is 62.3 Å². The Morgan fingerprint density at radius 2 is 1.77 bits per heavy atom. The first-order valence-electron chi connectivity index (χ1n) is 11.3. The lowest BCUT2D eigenvalue weighted by Gasteiger charge is -2.46. The fraction of sp³-hybridized carbons (Fsp3) is 0.565. The minimum atomic E-state index is 0.0686. The van der Waals surface area contributed by atoms with Crippen molar-refractivity contribution in [3.8, 4) is 0 Å². The van der Waals surface area contributed by atoms with E-state index in [0.717, 1.165) is 11.0 Å². The zero-order chi connectivity index (χ0) is 20.2. The number of hydrogen-bond donors (Lipinski definition) is 1. The van der Waals surface area contributed by atoms with Gasteiger partial charge in [0.25, 0.3) is 0 Å². The number of allylic oxidation sites excluding steroid dienone is 2. The predicted molar refractivity (Wildman–Crippen MR) is 124 cm³/mol. The molecule has 6 rings (SSSR count). The zero-order valence-electron chi connectivity index (χ0n) is 17.4. The van der Waals surface area contributed by atoms with Gasteiger partial charge in [-0.3, -0.25) is 0 Å². The van der Waals surface area contributed by atoms with Crippen molar-refractivity contribution >= 4 is 28.4 Å². The molecule has 2 saturated heterocycles. The number of fused-ring (bicyclic) bond motifs is 2. The summed E-state index contributed by atoms with van der Waals surface area (Å²) in [5, 5.41) is 1.12. The number of hydrogen-bond acceptors (Lipinski definition) is 7. The maximum atomic E-state index is 6.78. The largest absolute Gasteiger partial charge is 0.346 e. The van der Waals surface area contributed by atoms with Crippen LogP contribution in [-0.4, -0.2) is 37.9 Å². The summed E-state index contributed by atoms with van der Waals surface area (Å²) in [6.45, 7) is 2.00. The van der Waals surface area contributed by atoms with Gasteiger partial charge < -0.3 is 15.5 Å². The molecule has 4 aliphatic rings. The third-order valence-corrected chi connectivity index (χ3v) is 9.36. The highest BCUT2D eigenvalue weighted by atomic mass is 32.2. The van der Waals surface area contributed by atoms with Gasteiger partial charge in [-0.2, -0.15) is 4.37 Å². The second-order valence-electron chi connectivity index (χ2n) is 9.12. The summed E-state index contributed by atoms with van der Waals surface area (Å²) in [4.78, 5) is 11.5. The van der Waals surface area contributed by atoms with Gasteiger partial charge in [0.1, 0.15) is 11.3 Å². The van der Waals surface area contributed by atoms with Crippen molar-refractivity contribution in [1.82, 2.24) is 14.3 Å². The zero-order valence-corrected chi connectivity index (χ0v) is 19.0. The number of benzene rings is 1. The third kappa shape index (κ3) is 3.09. The SMILES string of the molecule is Cc1nsc(N2C3CCC2CC(N2C4=C(CCCC4c4ccccc4)SC2N)C3)n1. The van der Waals surface area contributed by atoms with Crippen LogP contribution < -0.4 is 10.6 Å². The smallest absolute Gasteiger partial charge is 0.205 e. The first-order valence-corrected chi connectivity index (χ1v) is 12.9. The molecule has 30 heavy (non-hydrogen) atoms. The van der Waals surface area contributed by atoms with Crippen molar-refractivity contribution in [3.63, 3.8) is 0 Å². The molecule has 2 aromatic rings. The molecule has 7 heteroatoms. The summed E-state index contributed by atoms with van der Waals surface area (Å²) in [6.07, 6.45) is 8.61. The maximum Gasteiger partial charge on any atom is 0.205 e. The van der Waals surface area contributed by atoms with Crippen LogP contribution in [0.3, 0.4) is 0 Å². The van der Waals surface area contributed by atoms with E-state index in [-0.39, 0.29) is 5.50 Å². The van der Waals surface area contributed by atoms with Gasteiger partial charge in [0.2, 0.25) is 5.13 Å². The minimum absolute atomic E-state index is 0.0686. The molecule has 2 N–H and O–H groups in total. The van der Waals surface area contributed by atoms with Crippen LogP contribution >= 0.6 is 23.3 Å². The van der Waals surface area contributed by atoms with Gasteiger partial charge in [0, 0.05) is 46.2 Å². The number of piperidine rings is 1. The number of anilines is 1. The quantitative estimate of drug-likeness (QED) is 0.740. The average molecular weight is 440 g/mol. The van der Waals surface area contributed by atoms with Crippen molar-refractivity contribution < 1.29 is 0 Å². The Morgan fingerprint density at radius 1 is 1.00 bits per heavy atom. The Kier molecular flexibility index (Phi) is 4.81. The standard InChI is InChI=1S/C23H29N5S2/c1-14-25-23(30-26-14)27-16-10-11-17(27)13-18(12-16)28-21-19(15-6-3-2-4-7-15)8-5-9-20(21)29-22(28)24/h2-4,6-7,16-19,22H,5,8-13,24H2,1H3. The van der Waals surface area contributed by atoms with Crippen molar-refractivity contribution in [2.24, 2.45) is 5.73 Å². The summed E-state index contributed by atoms with van der Waals surface area (Å²) < 4.78 is 4.44. The average Bonchev–Trinajstić information content (AvgIpc) is 3.41. The van der Waals surface area contributed by atoms with Crippen LogP contribution in [0.15, 0.2) is 40.9 Å². The fourth-order valence-electron chi connectivity index (χ4n) is 6.20. The van der Waals surface area contributed by atoms with Crippen LogP contribution in [0.25, 0.3) is 0 Å². The number of aryl methyl sites for hydroxylation is 1. The summed E-state index contributed by atoms with van der Waals surface area (Å²) in [5.74, 6) is 1.40. The molecule has 0 amide bonds. The topological polar surface area (TPSA) is 58.3 Å². The lowest BCUT2D eigenvalue weighted by molar-refractivity contribution is 0.175. The van der Waals surface area contributed by atoms with E-state index in [1.54, 1.807) is 22.1 Å². The van der Waals surface area contributed by atoms with Gasteiger partial charge in [-0.05, 0) is 57.4 Å². The third-order valence-electron chi connectivity index (χ3n) is 7.37. The van der Waals surface area contributed by atoms with Crippen LogP contribution in [0.2, 0.25) is 0 Å². The second kappa shape index (κ2) is 7.53. The highest BCUT2D eigenvalue weighted by Gasteiger charge is 2.48. The Bertz CT molecular complexity index is 944. The van der Waals surface area contributed by atoms with E-state index in [2.05, 4.69) is 44.5 Å². The predicted octanol–water partition coefficient (Wildman–Crippen LogP) is 4.82. The van der Waals surface area contributed by atoms with Crippen molar-refractivity contribution in [3.05, 3.63) is 52.3 Å². The van der Waals surface area contributed by atoms with Crippen LogP contribution in [0.5, 0.6) is 0 Å². The lowest BCUT2D eigenvalue weighted by atomic mass is 9.84. The van der Waals surface area contributed by atoms with Gasteiger partial charge in [0.05, 0.1) is 0 Å². The van der Waals surface area contributed by atoms with Crippen molar-refractivity contribution in [1.29, 1.82) is 0 Å². The molecule has 0 saturated carbocycles. The fourth-order valence-corrected chi connectivity index (χ4v) is 8.34. The van der Waals surface area contributed by atoms with Crippen molar-refractivity contribution in [2.45, 2.75) is 81.4 Å². The van der Waals surface area contributed by atoms with E-state index < -0.39 is 0 Å². The number of nitrogens with zero attached hydrogens (tertiary/aromatic N) is 4. The first kappa shape index (κ1) is 19.1. The van der Waals surface area contributed by atoms with Crippen LogP contribution in [-0.2, 0) is 0 Å². The molecule has 1 aromatic carbocycles. The van der Waals surface area contributed by atoms with E-state index in [1.165, 1.54) is 50.5 Å². The first-order chi connectivity index (χ1) is 14.7.